The van der Waals surface area contributed by atoms with E-state index in [9.17, 15) is 4.79 Å². The molecule has 1 aliphatic heterocycles. The number of carbonyl (C=O) groups is 1. The third kappa shape index (κ3) is 2.11. The number of hydrogen-bond acceptors (Lipinski definition) is 3. The van der Waals surface area contributed by atoms with Gasteiger partial charge < -0.3 is 15.0 Å². The Morgan fingerprint density at radius 3 is 3.00 bits per heavy atom. The minimum atomic E-state index is -0.168. The van der Waals surface area contributed by atoms with Crippen molar-refractivity contribution >= 4 is 6.09 Å². The standard InChI is InChI=1S/C8H16N2O2/c1-7(3-4-9-2)10-5-6-12-8(10)11/h7,9H,3-6H2,1-2H3. The normalized spacial score (nSPS) is 19.5. The van der Waals surface area contributed by atoms with Gasteiger partial charge in [0, 0.05) is 6.04 Å². The molecule has 1 aliphatic rings. The van der Waals surface area contributed by atoms with Gasteiger partial charge in [-0.15, -0.1) is 0 Å². The number of rotatable bonds is 4. The number of carbonyl (C=O) groups excluding carboxylic acids is 1. The molecule has 0 radical (unpaired) electrons. The van der Waals surface area contributed by atoms with Crippen molar-refractivity contribution in [2.75, 3.05) is 26.7 Å². The van der Waals surface area contributed by atoms with Crippen LogP contribution < -0.4 is 5.32 Å². The molecule has 1 saturated heterocycles. The molecule has 1 amide bonds. The van der Waals surface area contributed by atoms with E-state index < -0.39 is 0 Å². The smallest absolute Gasteiger partial charge is 0.410 e. The summed E-state index contributed by atoms with van der Waals surface area (Å²) < 4.78 is 4.83. The summed E-state index contributed by atoms with van der Waals surface area (Å²) in [5, 5.41) is 3.06. The summed E-state index contributed by atoms with van der Waals surface area (Å²) in [7, 11) is 1.91. The van der Waals surface area contributed by atoms with Crippen LogP contribution >= 0.6 is 0 Å². The number of nitrogens with zero attached hydrogens (tertiary/aromatic N) is 1. The van der Waals surface area contributed by atoms with Gasteiger partial charge in [-0.25, -0.2) is 4.79 Å². The molecule has 1 unspecified atom stereocenters. The Morgan fingerprint density at radius 2 is 2.50 bits per heavy atom. The zero-order valence-electron chi connectivity index (χ0n) is 7.67. The van der Waals surface area contributed by atoms with Crippen LogP contribution in [0.5, 0.6) is 0 Å². The molecule has 0 saturated carbocycles. The summed E-state index contributed by atoms with van der Waals surface area (Å²) in [4.78, 5) is 12.8. The minimum absolute atomic E-state index is 0.168. The van der Waals surface area contributed by atoms with Crippen LogP contribution in [-0.4, -0.2) is 43.8 Å². The average Bonchev–Trinajstić information content (AvgIpc) is 2.47. The van der Waals surface area contributed by atoms with Crippen LogP contribution in [0.1, 0.15) is 13.3 Å². The van der Waals surface area contributed by atoms with Crippen LogP contribution in [0.25, 0.3) is 0 Å². The maximum Gasteiger partial charge on any atom is 0.410 e. The molecule has 12 heavy (non-hydrogen) atoms. The molecule has 4 nitrogen and oxygen atoms in total. The molecular formula is C8H16N2O2. The lowest BCUT2D eigenvalue weighted by atomic mass is 10.2. The zero-order chi connectivity index (χ0) is 8.97. The van der Waals surface area contributed by atoms with Crippen molar-refractivity contribution in [3.8, 4) is 0 Å². The van der Waals surface area contributed by atoms with Crippen molar-refractivity contribution in [3.05, 3.63) is 0 Å². The van der Waals surface area contributed by atoms with Crippen molar-refractivity contribution in [1.29, 1.82) is 0 Å². The van der Waals surface area contributed by atoms with Crippen molar-refractivity contribution in [2.45, 2.75) is 19.4 Å². The maximum absolute atomic E-state index is 11.1. The molecule has 0 spiro atoms. The molecule has 0 aromatic heterocycles. The first-order chi connectivity index (χ1) is 5.75. The zero-order valence-corrected chi connectivity index (χ0v) is 7.67. The molecule has 1 N–H and O–H groups in total. The molecule has 0 aromatic carbocycles. The number of nitrogens with one attached hydrogen (secondary N) is 1. The van der Waals surface area contributed by atoms with Crippen LogP contribution in [0.3, 0.4) is 0 Å². The quantitative estimate of drug-likeness (QED) is 0.669. The molecule has 1 fully saturated rings. The molecule has 0 aromatic rings. The van der Waals surface area contributed by atoms with E-state index in [4.69, 9.17) is 4.74 Å². The van der Waals surface area contributed by atoms with Crippen molar-refractivity contribution in [2.24, 2.45) is 0 Å². The predicted octanol–water partition coefficient (Wildman–Crippen LogP) is 0.437. The number of amides is 1. The summed E-state index contributed by atoms with van der Waals surface area (Å²) in [6.07, 6.45) is 0.810. The van der Waals surface area contributed by atoms with Gasteiger partial charge in [-0.2, -0.15) is 0 Å². The maximum atomic E-state index is 11.1. The highest BCUT2D eigenvalue weighted by Gasteiger charge is 2.25. The second-order valence-electron chi connectivity index (χ2n) is 3.05. The molecule has 1 rings (SSSR count). The molecule has 4 heteroatoms. The molecule has 70 valence electrons. The predicted molar refractivity (Wildman–Crippen MR) is 46.1 cm³/mol. The Hall–Kier alpha value is -0.770. The largest absolute Gasteiger partial charge is 0.448 e. The molecule has 1 atom stereocenters. The Bertz CT molecular complexity index is 161. The summed E-state index contributed by atoms with van der Waals surface area (Å²) in [6, 6.07) is 0.285. The highest BCUT2D eigenvalue weighted by molar-refractivity contribution is 5.69. The fourth-order valence-corrected chi connectivity index (χ4v) is 1.31. The first-order valence-electron chi connectivity index (χ1n) is 4.33. The van der Waals surface area contributed by atoms with E-state index in [1.807, 2.05) is 14.0 Å². The van der Waals surface area contributed by atoms with Gasteiger partial charge in [0.05, 0.1) is 6.54 Å². The third-order valence-electron chi connectivity index (χ3n) is 2.14. The lowest BCUT2D eigenvalue weighted by Crippen LogP contribution is -2.35. The average molecular weight is 172 g/mol. The third-order valence-corrected chi connectivity index (χ3v) is 2.14. The first kappa shape index (κ1) is 9.32. The van der Waals surface area contributed by atoms with Crippen LogP contribution in [0.2, 0.25) is 0 Å². The number of ether oxygens (including phenoxy) is 1. The van der Waals surface area contributed by atoms with Gasteiger partial charge in [0.15, 0.2) is 0 Å². The van der Waals surface area contributed by atoms with E-state index in [0.717, 1.165) is 19.5 Å². The van der Waals surface area contributed by atoms with E-state index in [-0.39, 0.29) is 12.1 Å². The lowest BCUT2D eigenvalue weighted by Gasteiger charge is -2.21. The molecular weight excluding hydrogens is 156 g/mol. The molecule has 0 bridgehead atoms. The van der Waals surface area contributed by atoms with E-state index in [1.54, 1.807) is 4.90 Å². The molecule has 0 aliphatic carbocycles. The van der Waals surface area contributed by atoms with Gasteiger partial charge in [-0.3, -0.25) is 0 Å². The monoisotopic (exact) mass is 172 g/mol. The highest BCUT2D eigenvalue weighted by Crippen LogP contribution is 2.10. The van der Waals surface area contributed by atoms with Crippen LogP contribution in [-0.2, 0) is 4.74 Å². The van der Waals surface area contributed by atoms with E-state index in [0.29, 0.717) is 6.61 Å². The van der Waals surface area contributed by atoms with Crippen molar-refractivity contribution in [3.63, 3.8) is 0 Å². The summed E-state index contributed by atoms with van der Waals surface area (Å²) in [6.45, 7) is 4.27. The SMILES string of the molecule is CNCCC(C)N1CCOC1=O. The van der Waals surface area contributed by atoms with Crippen LogP contribution in [0, 0.1) is 0 Å². The Morgan fingerprint density at radius 1 is 1.75 bits per heavy atom. The van der Waals surface area contributed by atoms with E-state index >= 15 is 0 Å². The summed E-state index contributed by atoms with van der Waals surface area (Å²) in [5.74, 6) is 0. The van der Waals surface area contributed by atoms with Gasteiger partial charge >= 0.3 is 6.09 Å². The topological polar surface area (TPSA) is 41.6 Å². The Balaban J connectivity index is 2.30. The van der Waals surface area contributed by atoms with Gasteiger partial charge in [0.25, 0.3) is 0 Å². The summed E-state index contributed by atoms with van der Waals surface area (Å²) in [5.41, 5.74) is 0. The lowest BCUT2D eigenvalue weighted by molar-refractivity contribution is 0.148. The fourth-order valence-electron chi connectivity index (χ4n) is 1.31. The van der Waals surface area contributed by atoms with E-state index in [1.165, 1.54) is 0 Å². The van der Waals surface area contributed by atoms with E-state index in [2.05, 4.69) is 5.32 Å². The number of cyclic esters (lactones) is 1. The second kappa shape index (κ2) is 4.30. The highest BCUT2D eigenvalue weighted by atomic mass is 16.6. The summed E-state index contributed by atoms with van der Waals surface area (Å²) >= 11 is 0. The van der Waals surface area contributed by atoms with Gasteiger partial charge in [-0.1, -0.05) is 0 Å². The Labute approximate surface area is 72.9 Å². The molecule has 1 heterocycles. The fraction of sp³-hybridized carbons (Fsp3) is 0.875. The van der Waals surface area contributed by atoms with Crippen LogP contribution in [0.4, 0.5) is 4.79 Å². The van der Waals surface area contributed by atoms with Gasteiger partial charge in [-0.05, 0) is 26.9 Å². The Kier molecular flexibility index (Phi) is 3.34. The van der Waals surface area contributed by atoms with Gasteiger partial charge in [0.1, 0.15) is 6.61 Å². The number of hydrogen-bond donors (Lipinski definition) is 1. The van der Waals surface area contributed by atoms with Crippen molar-refractivity contribution < 1.29 is 9.53 Å². The second-order valence-corrected chi connectivity index (χ2v) is 3.05. The van der Waals surface area contributed by atoms with Gasteiger partial charge in [0.2, 0.25) is 0 Å². The minimum Gasteiger partial charge on any atom is -0.448 e. The first-order valence-corrected chi connectivity index (χ1v) is 4.33. The van der Waals surface area contributed by atoms with Crippen molar-refractivity contribution in [1.82, 2.24) is 10.2 Å². The van der Waals surface area contributed by atoms with Crippen LogP contribution in [0.15, 0.2) is 0 Å².